The fraction of sp³-hybridized carbons (Fsp3) is 0.714. The van der Waals surface area contributed by atoms with Gasteiger partial charge in [0.1, 0.15) is 0 Å². The highest BCUT2D eigenvalue weighted by atomic mass is 15.2. The third-order valence-electron chi connectivity index (χ3n) is 5.86. The summed E-state index contributed by atoms with van der Waals surface area (Å²) in [5.41, 5.74) is 1.52. The van der Waals surface area contributed by atoms with E-state index in [0.29, 0.717) is 0 Å². The van der Waals surface area contributed by atoms with Gasteiger partial charge in [-0.1, -0.05) is 56.0 Å². The average Bonchev–Trinajstić information content (AvgIpc) is 2.61. The monoisotopic (exact) mass is 299 g/mol. The lowest BCUT2D eigenvalue weighted by atomic mass is 9.80. The Balaban J connectivity index is 1.55. The van der Waals surface area contributed by atoms with Gasteiger partial charge in [-0.2, -0.15) is 0 Å². The third kappa shape index (κ3) is 4.59. The molecule has 1 nitrogen and oxygen atoms in total. The zero-order chi connectivity index (χ0) is 15.0. The minimum absolute atomic E-state index is 0.879. The van der Waals surface area contributed by atoms with Crippen molar-refractivity contribution in [1.29, 1.82) is 0 Å². The third-order valence-corrected chi connectivity index (χ3v) is 5.86. The van der Waals surface area contributed by atoms with E-state index >= 15 is 0 Å². The predicted molar refractivity (Wildman–Crippen MR) is 95.2 cm³/mol. The molecule has 0 amide bonds. The topological polar surface area (TPSA) is 3.24 Å². The van der Waals surface area contributed by atoms with E-state index in [4.69, 9.17) is 0 Å². The molecule has 0 spiro atoms. The maximum Gasteiger partial charge on any atom is 0.0124 e. The molecule has 1 heteroatoms. The van der Waals surface area contributed by atoms with Crippen LogP contribution in [-0.4, -0.2) is 24.0 Å². The van der Waals surface area contributed by atoms with Crippen LogP contribution in [0.15, 0.2) is 30.3 Å². The molecule has 1 aliphatic heterocycles. The molecular weight excluding hydrogens is 266 g/mol. The number of aryl methyl sites for hydroxylation is 1. The molecule has 1 aromatic carbocycles. The van der Waals surface area contributed by atoms with E-state index < -0.39 is 0 Å². The molecule has 0 N–H and O–H groups in total. The van der Waals surface area contributed by atoms with E-state index in [1.165, 1.54) is 89.3 Å². The second-order valence-corrected chi connectivity index (χ2v) is 7.44. The summed E-state index contributed by atoms with van der Waals surface area (Å²) in [7, 11) is 0. The van der Waals surface area contributed by atoms with Crippen LogP contribution in [0.3, 0.4) is 0 Å². The Morgan fingerprint density at radius 2 is 1.55 bits per heavy atom. The minimum Gasteiger partial charge on any atom is -0.300 e. The molecule has 3 rings (SSSR count). The maximum atomic E-state index is 2.87. The summed E-state index contributed by atoms with van der Waals surface area (Å²) in [5.74, 6) is 0.989. The van der Waals surface area contributed by atoms with Crippen molar-refractivity contribution in [1.82, 2.24) is 4.90 Å². The van der Waals surface area contributed by atoms with Crippen molar-refractivity contribution in [2.24, 2.45) is 5.92 Å². The summed E-state index contributed by atoms with van der Waals surface area (Å²) in [6, 6.07) is 11.9. The van der Waals surface area contributed by atoms with Gasteiger partial charge in [-0.25, -0.2) is 0 Å². The predicted octanol–water partition coefficient (Wildman–Crippen LogP) is 5.44. The normalized spacial score (nSPS) is 22.5. The summed E-state index contributed by atoms with van der Waals surface area (Å²) >= 11 is 0. The lowest BCUT2D eigenvalue weighted by Gasteiger charge is -2.41. The van der Waals surface area contributed by atoms with Gasteiger partial charge in [0.2, 0.25) is 0 Å². The van der Waals surface area contributed by atoms with Crippen LogP contribution in [0.25, 0.3) is 0 Å². The summed E-state index contributed by atoms with van der Waals surface area (Å²) in [6.07, 6.45) is 15.8. The zero-order valence-electron chi connectivity index (χ0n) is 14.2. The van der Waals surface area contributed by atoms with Crippen molar-refractivity contribution < 1.29 is 0 Å². The summed E-state index contributed by atoms with van der Waals surface area (Å²) < 4.78 is 0. The number of rotatable bonds is 6. The molecule has 1 aliphatic carbocycles. The first-order valence-corrected chi connectivity index (χ1v) is 9.71. The van der Waals surface area contributed by atoms with Gasteiger partial charge in [-0.05, 0) is 69.5 Å². The standard InChI is InChI=1S/C21H33N/c1-4-11-19(12-5-1)13-10-16-21(20-14-6-2-7-15-20)22-17-8-3-9-18-22/h1,4-5,11-12,20-21H,2-3,6-10,13-18H2/t21-/m1/s1. The zero-order valence-corrected chi connectivity index (χ0v) is 14.2. The van der Waals surface area contributed by atoms with E-state index in [0.717, 1.165) is 12.0 Å². The Labute approximate surface area is 137 Å². The molecule has 0 bridgehead atoms. The molecule has 0 radical (unpaired) electrons. The van der Waals surface area contributed by atoms with Crippen molar-refractivity contribution in [3.8, 4) is 0 Å². The van der Waals surface area contributed by atoms with E-state index in [1.54, 1.807) is 0 Å². The maximum absolute atomic E-state index is 2.87. The fourth-order valence-electron chi connectivity index (χ4n) is 4.65. The number of hydrogen-bond donors (Lipinski definition) is 0. The molecular formula is C21H33N. The molecule has 1 saturated heterocycles. The molecule has 2 fully saturated rings. The van der Waals surface area contributed by atoms with Crippen LogP contribution in [0.4, 0.5) is 0 Å². The smallest absolute Gasteiger partial charge is 0.0124 e. The van der Waals surface area contributed by atoms with Gasteiger partial charge in [-0.15, -0.1) is 0 Å². The fourth-order valence-corrected chi connectivity index (χ4v) is 4.65. The van der Waals surface area contributed by atoms with E-state index in [2.05, 4.69) is 35.2 Å². The van der Waals surface area contributed by atoms with Crippen LogP contribution in [0.5, 0.6) is 0 Å². The molecule has 1 atom stereocenters. The minimum atomic E-state index is 0.879. The Morgan fingerprint density at radius 1 is 0.864 bits per heavy atom. The highest BCUT2D eigenvalue weighted by Gasteiger charge is 2.29. The van der Waals surface area contributed by atoms with Crippen LogP contribution in [0, 0.1) is 5.92 Å². The number of hydrogen-bond acceptors (Lipinski definition) is 1. The molecule has 0 aromatic heterocycles. The number of nitrogens with zero attached hydrogens (tertiary/aromatic N) is 1. The van der Waals surface area contributed by atoms with Crippen LogP contribution in [0.1, 0.15) is 69.8 Å². The Kier molecular flexibility index (Phi) is 6.36. The first kappa shape index (κ1) is 16.1. The Hall–Kier alpha value is -0.820. The van der Waals surface area contributed by atoms with Gasteiger partial charge < -0.3 is 4.90 Å². The van der Waals surface area contributed by atoms with Gasteiger partial charge in [-0.3, -0.25) is 0 Å². The molecule has 1 heterocycles. The van der Waals surface area contributed by atoms with Gasteiger partial charge >= 0.3 is 0 Å². The van der Waals surface area contributed by atoms with Crippen molar-refractivity contribution >= 4 is 0 Å². The van der Waals surface area contributed by atoms with Gasteiger partial charge in [0.15, 0.2) is 0 Å². The largest absolute Gasteiger partial charge is 0.300 e. The second-order valence-electron chi connectivity index (χ2n) is 7.44. The lowest BCUT2D eigenvalue weighted by molar-refractivity contribution is 0.0888. The van der Waals surface area contributed by atoms with Crippen LogP contribution in [0.2, 0.25) is 0 Å². The van der Waals surface area contributed by atoms with Crippen molar-refractivity contribution in [2.45, 2.75) is 76.7 Å². The molecule has 122 valence electrons. The quantitative estimate of drug-likeness (QED) is 0.675. The summed E-state index contributed by atoms with van der Waals surface area (Å²) in [5, 5.41) is 0. The highest BCUT2D eigenvalue weighted by molar-refractivity contribution is 5.14. The average molecular weight is 300 g/mol. The molecule has 1 aromatic rings. The first-order valence-electron chi connectivity index (χ1n) is 9.71. The van der Waals surface area contributed by atoms with E-state index in [9.17, 15) is 0 Å². The number of benzene rings is 1. The first-order chi connectivity index (χ1) is 10.9. The van der Waals surface area contributed by atoms with Crippen molar-refractivity contribution in [3.63, 3.8) is 0 Å². The van der Waals surface area contributed by atoms with Crippen LogP contribution < -0.4 is 0 Å². The van der Waals surface area contributed by atoms with E-state index in [1.807, 2.05) is 0 Å². The second kappa shape index (κ2) is 8.72. The molecule has 2 aliphatic rings. The lowest BCUT2D eigenvalue weighted by Crippen LogP contribution is -2.44. The van der Waals surface area contributed by atoms with Crippen molar-refractivity contribution in [3.05, 3.63) is 35.9 Å². The number of likely N-dealkylation sites (tertiary alicyclic amines) is 1. The summed E-state index contributed by atoms with van der Waals surface area (Å²) in [6.45, 7) is 2.74. The molecule has 22 heavy (non-hydrogen) atoms. The number of piperidine rings is 1. The van der Waals surface area contributed by atoms with Gasteiger partial charge in [0, 0.05) is 6.04 Å². The highest BCUT2D eigenvalue weighted by Crippen LogP contribution is 2.32. The van der Waals surface area contributed by atoms with Crippen LogP contribution >= 0.6 is 0 Å². The van der Waals surface area contributed by atoms with Crippen LogP contribution in [-0.2, 0) is 6.42 Å². The Bertz CT molecular complexity index is 383. The van der Waals surface area contributed by atoms with Gasteiger partial charge in [0.25, 0.3) is 0 Å². The SMILES string of the molecule is c1ccc(CCC[C@H](C2CCCCC2)N2CCCCC2)cc1. The molecule has 1 saturated carbocycles. The van der Waals surface area contributed by atoms with Gasteiger partial charge in [0.05, 0.1) is 0 Å². The Morgan fingerprint density at radius 3 is 2.27 bits per heavy atom. The van der Waals surface area contributed by atoms with Crippen molar-refractivity contribution in [2.75, 3.05) is 13.1 Å². The molecule has 0 unspecified atom stereocenters. The van der Waals surface area contributed by atoms with E-state index in [-0.39, 0.29) is 0 Å². The summed E-state index contributed by atoms with van der Waals surface area (Å²) in [4.78, 5) is 2.87.